The summed E-state index contributed by atoms with van der Waals surface area (Å²) in [5, 5.41) is 12.6. The zero-order valence-corrected chi connectivity index (χ0v) is 16.0. The van der Waals surface area contributed by atoms with E-state index in [9.17, 15) is 13.2 Å². The van der Waals surface area contributed by atoms with Crippen LogP contribution >= 0.6 is 24.2 Å². The second-order valence-electron chi connectivity index (χ2n) is 6.01. The van der Waals surface area contributed by atoms with E-state index in [1.807, 2.05) is 11.6 Å². The molecule has 0 bridgehead atoms. The second kappa shape index (κ2) is 8.53. The van der Waals surface area contributed by atoms with Crippen molar-refractivity contribution < 1.29 is 13.2 Å². The zero-order chi connectivity index (χ0) is 18.0. The number of aromatic nitrogens is 5. The van der Waals surface area contributed by atoms with Crippen LogP contribution in [0, 0.1) is 6.92 Å². The number of rotatable bonds is 4. The molecule has 3 heterocycles. The molecule has 0 unspecified atom stereocenters. The van der Waals surface area contributed by atoms with E-state index < -0.39 is 12.0 Å². The Morgan fingerprint density at radius 2 is 1.96 bits per heavy atom. The highest BCUT2D eigenvalue weighted by molar-refractivity contribution is 7.98. The van der Waals surface area contributed by atoms with E-state index >= 15 is 0 Å². The summed E-state index contributed by atoms with van der Waals surface area (Å²) in [7, 11) is 1.93. The Morgan fingerprint density at radius 3 is 2.58 bits per heavy atom. The lowest BCUT2D eigenvalue weighted by Gasteiger charge is -2.21. The molecule has 1 aliphatic heterocycles. The van der Waals surface area contributed by atoms with Gasteiger partial charge >= 0.3 is 6.18 Å². The maximum absolute atomic E-state index is 12.6. The molecule has 1 fully saturated rings. The van der Waals surface area contributed by atoms with Crippen LogP contribution in [-0.4, -0.2) is 37.8 Å². The summed E-state index contributed by atoms with van der Waals surface area (Å²) >= 11 is 1.42. The third-order valence-corrected chi connectivity index (χ3v) is 5.33. The molecule has 0 saturated carbocycles. The fourth-order valence-electron chi connectivity index (χ4n) is 2.80. The predicted octanol–water partition coefficient (Wildman–Crippen LogP) is 3.11. The summed E-state index contributed by atoms with van der Waals surface area (Å²) in [5.41, 5.74) is 0.986. The van der Waals surface area contributed by atoms with Crippen molar-refractivity contribution in [2.75, 3.05) is 13.1 Å². The number of hydrogen-bond donors (Lipinski definition) is 1. The van der Waals surface area contributed by atoms with E-state index in [4.69, 9.17) is 0 Å². The molecule has 144 valence electrons. The van der Waals surface area contributed by atoms with E-state index in [1.165, 1.54) is 18.0 Å². The normalized spacial score (nSPS) is 15.7. The number of aryl methyl sites for hydroxylation is 1. The van der Waals surface area contributed by atoms with Crippen LogP contribution in [-0.2, 0) is 19.0 Å². The summed E-state index contributed by atoms with van der Waals surface area (Å²) in [6.07, 6.45) is -1.23. The molecule has 26 heavy (non-hydrogen) atoms. The smallest absolute Gasteiger partial charge is 0.317 e. The van der Waals surface area contributed by atoms with E-state index in [-0.39, 0.29) is 12.4 Å². The molecule has 0 aromatic carbocycles. The van der Waals surface area contributed by atoms with Gasteiger partial charge in [-0.2, -0.15) is 13.2 Å². The Morgan fingerprint density at radius 1 is 1.27 bits per heavy atom. The molecular formula is C15H20ClF3N6S. The fourth-order valence-corrected chi connectivity index (χ4v) is 3.75. The van der Waals surface area contributed by atoms with Crippen molar-refractivity contribution >= 4 is 24.2 Å². The topological polar surface area (TPSA) is 68.5 Å². The van der Waals surface area contributed by atoms with Gasteiger partial charge in [-0.05, 0) is 32.9 Å². The Hall–Kier alpha value is -1.39. The molecule has 0 atom stereocenters. The van der Waals surface area contributed by atoms with E-state index in [0.29, 0.717) is 22.9 Å². The van der Waals surface area contributed by atoms with Crippen LogP contribution in [0.15, 0.2) is 11.4 Å². The third kappa shape index (κ3) is 4.66. The highest BCUT2D eigenvalue weighted by Crippen LogP contribution is 2.29. The van der Waals surface area contributed by atoms with Gasteiger partial charge in [0.25, 0.3) is 0 Å². The van der Waals surface area contributed by atoms with Crippen LogP contribution in [0.25, 0.3) is 0 Å². The van der Waals surface area contributed by atoms with Crippen molar-refractivity contribution in [2.24, 2.45) is 7.05 Å². The van der Waals surface area contributed by atoms with Crippen LogP contribution in [0.3, 0.4) is 0 Å². The van der Waals surface area contributed by atoms with Crippen molar-refractivity contribution in [1.29, 1.82) is 0 Å². The third-order valence-electron chi connectivity index (χ3n) is 4.26. The minimum atomic E-state index is -4.52. The molecule has 1 saturated heterocycles. The maximum Gasteiger partial charge on any atom is 0.451 e. The predicted molar refractivity (Wildman–Crippen MR) is 94.4 cm³/mol. The second-order valence-corrected chi connectivity index (χ2v) is 6.96. The van der Waals surface area contributed by atoms with Gasteiger partial charge in [-0.1, -0.05) is 11.8 Å². The average molecular weight is 409 g/mol. The molecular weight excluding hydrogens is 389 g/mol. The number of alkyl halides is 3. The maximum atomic E-state index is 12.6. The minimum absolute atomic E-state index is 0. The van der Waals surface area contributed by atoms with Crippen LogP contribution in [0.5, 0.6) is 0 Å². The highest BCUT2D eigenvalue weighted by Gasteiger charge is 2.34. The molecule has 11 heteroatoms. The number of halogens is 4. The molecule has 0 aliphatic carbocycles. The first kappa shape index (κ1) is 20.9. The molecule has 1 N–H and O–H groups in total. The minimum Gasteiger partial charge on any atom is -0.317 e. The van der Waals surface area contributed by atoms with Crippen LogP contribution in [0.4, 0.5) is 13.2 Å². The number of piperidine rings is 1. The summed E-state index contributed by atoms with van der Waals surface area (Å²) in [4.78, 5) is 6.98. The molecule has 0 spiro atoms. The van der Waals surface area contributed by atoms with Crippen molar-refractivity contribution in [3.05, 3.63) is 29.1 Å². The van der Waals surface area contributed by atoms with Crippen LogP contribution < -0.4 is 5.32 Å². The molecule has 3 rings (SSSR count). The Balaban J connectivity index is 0.00000243. The summed E-state index contributed by atoms with van der Waals surface area (Å²) < 4.78 is 39.9. The first-order chi connectivity index (χ1) is 11.9. The molecule has 6 nitrogen and oxygen atoms in total. The lowest BCUT2D eigenvalue weighted by atomic mass is 9.97. The Bertz CT molecular complexity index is 745. The lowest BCUT2D eigenvalue weighted by Crippen LogP contribution is -2.27. The summed E-state index contributed by atoms with van der Waals surface area (Å²) in [5.74, 6) is 0.696. The largest absolute Gasteiger partial charge is 0.451 e. The van der Waals surface area contributed by atoms with Crippen molar-refractivity contribution in [2.45, 2.75) is 42.8 Å². The molecule has 2 aromatic heterocycles. The van der Waals surface area contributed by atoms with Crippen LogP contribution in [0.2, 0.25) is 0 Å². The lowest BCUT2D eigenvalue weighted by molar-refractivity contribution is -0.145. The first-order valence-corrected chi connectivity index (χ1v) is 8.97. The van der Waals surface area contributed by atoms with Gasteiger partial charge in [-0.25, -0.2) is 9.97 Å². The van der Waals surface area contributed by atoms with Crippen molar-refractivity contribution in [1.82, 2.24) is 30.0 Å². The van der Waals surface area contributed by atoms with Gasteiger partial charge < -0.3 is 9.88 Å². The Labute approximate surface area is 159 Å². The number of nitrogens with zero attached hydrogens (tertiary/aromatic N) is 5. The Kier molecular flexibility index (Phi) is 6.86. The van der Waals surface area contributed by atoms with Gasteiger partial charge in [0.05, 0.1) is 0 Å². The molecule has 2 aromatic rings. The fraction of sp³-hybridized carbons (Fsp3) is 0.600. The van der Waals surface area contributed by atoms with Gasteiger partial charge in [0.15, 0.2) is 5.16 Å². The van der Waals surface area contributed by atoms with Gasteiger partial charge in [0.2, 0.25) is 5.82 Å². The average Bonchev–Trinajstić information content (AvgIpc) is 2.94. The SMILES string of the molecule is Cc1nc(C(F)(F)F)ncc1CSc1nnc(C2CCNCC2)n1C.Cl. The number of hydrogen-bond acceptors (Lipinski definition) is 6. The number of thioether (sulfide) groups is 1. The zero-order valence-electron chi connectivity index (χ0n) is 14.4. The quantitative estimate of drug-likeness (QED) is 0.784. The highest BCUT2D eigenvalue weighted by atomic mass is 35.5. The van der Waals surface area contributed by atoms with Crippen LogP contribution in [0.1, 0.15) is 41.7 Å². The number of nitrogens with one attached hydrogen (secondary N) is 1. The van der Waals surface area contributed by atoms with Gasteiger partial charge in [0, 0.05) is 36.2 Å². The van der Waals surface area contributed by atoms with E-state index in [0.717, 1.165) is 36.9 Å². The van der Waals surface area contributed by atoms with Gasteiger partial charge in [-0.15, -0.1) is 22.6 Å². The van der Waals surface area contributed by atoms with Crippen molar-refractivity contribution in [3.8, 4) is 0 Å². The molecule has 0 amide bonds. The monoisotopic (exact) mass is 408 g/mol. The summed E-state index contributed by atoms with van der Waals surface area (Å²) in [6, 6.07) is 0. The summed E-state index contributed by atoms with van der Waals surface area (Å²) in [6.45, 7) is 3.51. The van der Waals surface area contributed by atoms with Gasteiger partial charge in [0.1, 0.15) is 5.82 Å². The van der Waals surface area contributed by atoms with E-state index in [1.54, 1.807) is 6.92 Å². The van der Waals surface area contributed by atoms with Crippen molar-refractivity contribution in [3.63, 3.8) is 0 Å². The molecule has 0 radical (unpaired) electrons. The van der Waals surface area contributed by atoms with Gasteiger partial charge in [-0.3, -0.25) is 0 Å². The standard InChI is InChI=1S/C15H19F3N6S.ClH/c1-9-11(7-20-13(21-9)15(16,17)18)8-25-14-23-22-12(24(14)2)10-3-5-19-6-4-10;/h7,10,19H,3-6,8H2,1-2H3;1H. The molecule has 1 aliphatic rings. The first-order valence-electron chi connectivity index (χ1n) is 7.98. The van der Waals surface area contributed by atoms with E-state index in [2.05, 4.69) is 25.5 Å².